The van der Waals surface area contributed by atoms with Crippen LogP contribution in [0.3, 0.4) is 0 Å². The normalized spacial score (nSPS) is 8.67. The largest absolute Gasteiger partial charge is 2.00 e. The van der Waals surface area contributed by atoms with Crippen molar-refractivity contribution < 1.29 is 27.1 Å². The molecule has 0 bridgehead atoms. The predicted molar refractivity (Wildman–Crippen MR) is 38.5 cm³/mol. The van der Waals surface area contributed by atoms with E-state index in [0.29, 0.717) is 6.61 Å². The second-order valence-electron chi connectivity index (χ2n) is 1.33. The molecule has 0 fully saturated rings. The van der Waals surface area contributed by atoms with Gasteiger partial charge in [0.2, 0.25) is 0 Å². The standard InChI is InChI=1S/C4H8O2.Mg.H2O4S/c1-3-6-4(2)5;;1-5(2,3)4/h3H2,1-2H3;;(H2,1,2,3,4)/q;+2;/p-2. The molecule has 0 unspecified atom stereocenters. The maximum Gasteiger partial charge on any atom is 2.00 e. The predicted octanol–water partition coefficient (Wildman–Crippen LogP) is -1.15. The SMILES string of the molecule is CCOC(C)=O.O=S(=O)([O-])[O-].[Mg+2]. The van der Waals surface area contributed by atoms with Gasteiger partial charge in [0.1, 0.15) is 0 Å². The van der Waals surface area contributed by atoms with Crippen LogP contribution in [-0.4, -0.2) is 53.2 Å². The van der Waals surface area contributed by atoms with Crippen molar-refractivity contribution in [3.8, 4) is 0 Å². The summed E-state index contributed by atoms with van der Waals surface area (Å²) in [6.07, 6.45) is 0. The second-order valence-corrected chi connectivity index (χ2v) is 2.15. The summed E-state index contributed by atoms with van der Waals surface area (Å²) in [4.78, 5) is 9.82. The van der Waals surface area contributed by atoms with E-state index in [1.165, 1.54) is 6.92 Å². The van der Waals surface area contributed by atoms with Gasteiger partial charge in [-0.25, -0.2) is 0 Å². The van der Waals surface area contributed by atoms with Crippen LogP contribution >= 0.6 is 0 Å². The van der Waals surface area contributed by atoms with E-state index in [9.17, 15) is 4.79 Å². The summed E-state index contributed by atoms with van der Waals surface area (Å²) >= 11 is 0. The molecule has 0 saturated carbocycles. The van der Waals surface area contributed by atoms with Crippen molar-refractivity contribution >= 4 is 39.4 Å². The number of rotatable bonds is 1. The van der Waals surface area contributed by atoms with Crippen molar-refractivity contribution in [3.63, 3.8) is 0 Å². The first kappa shape index (κ1) is 18.0. The maximum atomic E-state index is 9.82. The molecule has 0 atom stereocenters. The molecule has 8 heteroatoms. The van der Waals surface area contributed by atoms with Crippen LogP contribution in [0.15, 0.2) is 0 Å². The summed E-state index contributed by atoms with van der Waals surface area (Å²) in [6, 6.07) is 0. The fourth-order valence-corrected chi connectivity index (χ4v) is 0.203. The zero-order valence-corrected chi connectivity index (χ0v) is 9.00. The zero-order chi connectivity index (χ0) is 9.49. The Kier molecular flexibility index (Phi) is 13.8. The van der Waals surface area contributed by atoms with Gasteiger partial charge in [-0.15, -0.1) is 0 Å². The first-order valence-electron chi connectivity index (χ1n) is 2.57. The van der Waals surface area contributed by atoms with Crippen LogP contribution < -0.4 is 0 Å². The van der Waals surface area contributed by atoms with Crippen molar-refractivity contribution in [3.05, 3.63) is 0 Å². The van der Waals surface area contributed by atoms with Crippen LogP contribution in [-0.2, 0) is 19.9 Å². The minimum atomic E-state index is -5.17. The van der Waals surface area contributed by atoms with Gasteiger partial charge >= 0.3 is 29.0 Å². The Balaban J connectivity index is -0.000000126. The molecule has 0 spiro atoms. The Morgan fingerprint density at radius 3 is 1.67 bits per heavy atom. The molecule has 68 valence electrons. The number of carbonyl (C=O) groups excluding carboxylic acids is 1. The van der Waals surface area contributed by atoms with Crippen LogP contribution in [0.2, 0.25) is 0 Å². The van der Waals surface area contributed by atoms with E-state index >= 15 is 0 Å². The maximum absolute atomic E-state index is 9.82. The first-order valence-corrected chi connectivity index (χ1v) is 3.90. The molecule has 0 radical (unpaired) electrons. The Bertz CT molecular complexity index is 190. The van der Waals surface area contributed by atoms with E-state index in [4.69, 9.17) is 17.5 Å². The summed E-state index contributed by atoms with van der Waals surface area (Å²) in [5, 5.41) is 0. The van der Waals surface area contributed by atoms with Crippen LogP contribution in [0.5, 0.6) is 0 Å². The van der Waals surface area contributed by atoms with Gasteiger partial charge in [-0.3, -0.25) is 13.2 Å². The molecular formula is C4H8MgO6S. The van der Waals surface area contributed by atoms with Crippen LogP contribution in [0.4, 0.5) is 0 Å². The molecule has 6 nitrogen and oxygen atoms in total. The minimum Gasteiger partial charge on any atom is -0.759 e. The third-order valence-electron chi connectivity index (χ3n) is 0.348. The van der Waals surface area contributed by atoms with E-state index in [1.807, 2.05) is 0 Å². The van der Waals surface area contributed by atoms with E-state index < -0.39 is 10.4 Å². The third kappa shape index (κ3) is 86.9. The van der Waals surface area contributed by atoms with Crippen molar-refractivity contribution in [1.82, 2.24) is 0 Å². The van der Waals surface area contributed by atoms with Gasteiger partial charge in [-0.05, 0) is 6.92 Å². The summed E-state index contributed by atoms with van der Waals surface area (Å²) in [5.74, 6) is -0.211. The summed E-state index contributed by atoms with van der Waals surface area (Å²) in [7, 11) is -5.17. The number of hydrogen-bond donors (Lipinski definition) is 0. The minimum absolute atomic E-state index is 0. The molecule has 0 heterocycles. The molecule has 0 rings (SSSR count). The van der Waals surface area contributed by atoms with Gasteiger partial charge in [-0.1, -0.05) is 0 Å². The molecule has 0 aliphatic heterocycles. The molecule has 0 aliphatic carbocycles. The Labute approximate surface area is 87.0 Å². The number of carbonyl (C=O) groups is 1. The number of esters is 1. The second kappa shape index (κ2) is 9.20. The van der Waals surface area contributed by atoms with Gasteiger partial charge in [0.25, 0.3) is 0 Å². The van der Waals surface area contributed by atoms with E-state index in [-0.39, 0.29) is 29.0 Å². The molecule has 0 aromatic rings. The molecule has 0 amide bonds. The quantitative estimate of drug-likeness (QED) is 0.233. The van der Waals surface area contributed by atoms with Gasteiger partial charge in [0.05, 0.1) is 6.61 Å². The fraction of sp³-hybridized carbons (Fsp3) is 0.750. The van der Waals surface area contributed by atoms with Crippen molar-refractivity contribution in [2.24, 2.45) is 0 Å². The molecule has 12 heavy (non-hydrogen) atoms. The number of hydrogen-bond acceptors (Lipinski definition) is 6. The summed E-state index contributed by atoms with van der Waals surface area (Å²) in [5.41, 5.74) is 0. The molecule has 0 aliphatic rings. The number of ether oxygens (including phenoxy) is 1. The molecule has 0 N–H and O–H groups in total. The van der Waals surface area contributed by atoms with Gasteiger partial charge < -0.3 is 13.8 Å². The van der Waals surface area contributed by atoms with Gasteiger partial charge in [0.15, 0.2) is 0 Å². The van der Waals surface area contributed by atoms with Crippen LogP contribution in [0.1, 0.15) is 13.8 Å². The Hall–Kier alpha value is 0.106. The average molecular weight is 208 g/mol. The molecule has 0 aromatic heterocycles. The Morgan fingerprint density at radius 2 is 1.67 bits per heavy atom. The molecule has 0 aromatic carbocycles. The monoisotopic (exact) mass is 208 g/mol. The zero-order valence-electron chi connectivity index (χ0n) is 6.77. The van der Waals surface area contributed by atoms with Crippen molar-refractivity contribution in [2.75, 3.05) is 6.61 Å². The van der Waals surface area contributed by atoms with E-state index in [1.54, 1.807) is 6.92 Å². The summed E-state index contributed by atoms with van der Waals surface area (Å²) < 4.78 is 38.5. The van der Waals surface area contributed by atoms with Crippen molar-refractivity contribution in [1.29, 1.82) is 0 Å². The van der Waals surface area contributed by atoms with Crippen LogP contribution in [0, 0.1) is 0 Å². The smallest absolute Gasteiger partial charge is 0.759 e. The fourth-order valence-electron chi connectivity index (χ4n) is 0.203. The van der Waals surface area contributed by atoms with Crippen LogP contribution in [0.25, 0.3) is 0 Å². The van der Waals surface area contributed by atoms with Gasteiger partial charge in [-0.2, -0.15) is 0 Å². The van der Waals surface area contributed by atoms with Crippen molar-refractivity contribution in [2.45, 2.75) is 13.8 Å². The average Bonchev–Trinajstić information content (AvgIpc) is 1.58. The van der Waals surface area contributed by atoms with E-state index in [0.717, 1.165) is 0 Å². The Morgan fingerprint density at radius 1 is 1.42 bits per heavy atom. The first-order chi connectivity index (χ1) is 4.77. The van der Waals surface area contributed by atoms with Gasteiger partial charge in [0, 0.05) is 17.3 Å². The third-order valence-corrected chi connectivity index (χ3v) is 0.348. The molecular weight excluding hydrogens is 200 g/mol. The van der Waals surface area contributed by atoms with E-state index in [2.05, 4.69) is 4.74 Å². The molecule has 0 saturated heterocycles. The topological polar surface area (TPSA) is 107 Å². The summed E-state index contributed by atoms with van der Waals surface area (Å²) in [6.45, 7) is 3.65.